The smallest absolute Gasteiger partial charge is 0.395 e. The number of hydrogen-bond acceptors (Lipinski definition) is 6. The van der Waals surface area contributed by atoms with Gasteiger partial charge >= 0.3 is 5.88 Å². The van der Waals surface area contributed by atoms with Crippen LogP contribution < -0.4 is 5.32 Å². The fraction of sp³-hybridized carbons (Fsp3) is 0.0667. The Morgan fingerprint density at radius 3 is 2.67 bits per heavy atom. The fourth-order valence-corrected chi connectivity index (χ4v) is 1.95. The number of nitrogens with zero attached hydrogens (tertiary/aromatic N) is 2. The molecule has 0 aliphatic rings. The Balaban J connectivity index is 1.63. The first-order chi connectivity index (χ1) is 11.5. The van der Waals surface area contributed by atoms with E-state index in [1.807, 2.05) is 0 Å². The number of nitro groups is 1. The largest absolute Gasteiger partial charge is 0.433 e. The Labute approximate surface area is 134 Å². The zero-order chi connectivity index (χ0) is 17.1. The molecule has 0 fully saturated rings. The highest BCUT2D eigenvalue weighted by Gasteiger charge is 2.17. The molecular formula is C15H10FN3O5. The fourth-order valence-electron chi connectivity index (χ4n) is 1.95. The number of amides is 1. The minimum atomic E-state index is -0.733. The van der Waals surface area contributed by atoms with Crippen LogP contribution in [0.25, 0.3) is 11.3 Å². The van der Waals surface area contributed by atoms with Crippen LogP contribution in [0, 0.1) is 15.9 Å². The van der Waals surface area contributed by atoms with Gasteiger partial charge in [-0.2, -0.15) is 0 Å². The molecule has 0 unspecified atom stereocenters. The van der Waals surface area contributed by atoms with Gasteiger partial charge in [-0.1, -0.05) is 5.16 Å². The number of carbonyl (C=O) groups is 1. The normalized spacial score (nSPS) is 10.5. The van der Waals surface area contributed by atoms with E-state index >= 15 is 0 Å². The van der Waals surface area contributed by atoms with Crippen molar-refractivity contribution < 1.29 is 23.0 Å². The maximum atomic E-state index is 12.9. The van der Waals surface area contributed by atoms with Gasteiger partial charge in [-0.05, 0) is 30.3 Å². The van der Waals surface area contributed by atoms with Gasteiger partial charge in [-0.3, -0.25) is 14.9 Å². The van der Waals surface area contributed by atoms with Crippen molar-refractivity contribution in [3.05, 3.63) is 69.9 Å². The van der Waals surface area contributed by atoms with Gasteiger partial charge in [-0.15, -0.1) is 0 Å². The van der Waals surface area contributed by atoms with Crippen LogP contribution in [0.4, 0.5) is 10.3 Å². The lowest BCUT2D eigenvalue weighted by atomic mass is 10.1. The topological polar surface area (TPSA) is 111 Å². The molecule has 0 aliphatic heterocycles. The van der Waals surface area contributed by atoms with E-state index in [4.69, 9.17) is 8.94 Å². The van der Waals surface area contributed by atoms with E-state index in [-0.39, 0.29) is 18.1 Å². The molecule has 0 radical (unpaired) electrons. The van der Waals surface area contributed by atoms with Gasteiger partial charge in [0.2, 0.25) is 0 Å². The molecule has 24 heavy (non-hydrogen) atoms. The highest BCUT2D eigenvalue weighted by Crippen LogP contribution is 2.20. The molecule has 122 valence electrons. The molecule has 8 nitrogen and oxygen atoms in total. The first-order valence-electron chi connectivity index (χ1n) is 6.77. The second-order valence-corrected chi connectivity index (χ2v) is 4.77. The number of benzene rings is 1. The zero-order valence-electron chi connectivity index (χ0n) is 12.1. The van der Waals surface area contributed by atoms with Crippen LogP contribution in [0.2, 0.25) is 0 Å². The summed E-state index contributed by atoms with van der Waals surface area (Å²) in [5.74, 6) is -1.25. The summed E-state index contributed by atoms with van der Waals surface area (Å²) >= 11 is 0. The molecule has 1 amide bonds. The van der Waals surface area contributed by atoms with Gasteiger partial charge < -0.3 is 14.3 Å². The Morgan fingerprint density at radius 1 is 1.25 bits per heavy atom. The summed E-state index contributed by atoms with van der Waals surface area (Å²) in [7, 11) is 0. The number of aromatic nitrogens is 1. The lowest BCUT2D eigenvalue weighted by Crippen LogP contribution is -2.22. The second kappa shape index (κ2) is 6.32. The number of hydrogen-bond donors (Lipinski definition) is 1. The summed E-state index contributed by atoms with van der Waals surface area (Å²) < 4.78 is 22.8. The second-order valence-electron chi connectivity index (χ2n) is 4.77. The number of nitrogens with one attached hydrogen (secondary N) is 1. The monoisotopic (exact) mass is 331 g/mol. The van der Waals surface area contributed by atoms with Crippen LogP contribution in [0.15, 0.2) is 51.4 Å². The van der Waals surface area contributed by atoms with E-state index in [1.165, 1.54) is 18.2 Å². The first kappa shape index (κ1) is 15.4. The predicted molar refractivity (Wildman–Crippen MR) is 78.4 cm³/mol. The Morgan fingerprint density at radius 2 is 2.00 bits per heavy atom. The van der Waals surface area contributed by atoms with Crippen LogP contribution in [0.1, 0.15) is 16.2 Å². The summed E-state index contributed by atoms with van der Waals surface area (Å²) in [4.78, 5) is 21.6. The van der Waals surface area contributed by atoms with E-state index in [0.29, 0.717) is 17.0 Å². The van der Waals surface area contributed by atoms with Crippen molar-refractivity contribution in [2.45, 2.75) is 6.54 Å². The summed E-state index contributed by atoms with van der Waals surface area (Å²) in [6, 6.07) is 9.57. The van der Waals surface area contributed by atoms with Gasteiger partial charge in [0.05, 0.1) is 12.6 Å². The molecule has 0 bridgehead atoms. The number of rotatable bonds is 5. The Bertz CT molecular complexity index is 885. The van der Waals surface area contributed by atoms with Gasteiger partial charge in [0.25, 0.3) is 5.91 Å². The lowest BCUT2D eigenvalue weighted by molar-refractivity contribution is -0.402. The van der Waals surface area contributed by atoms with Crippen molar-refractivity contribution in [2.24, 2.45) is 0 Å². The average Bonchev–Trinajstić information content (AvgIpc) is 3.23. The zero-order valence-corrected chi connectivity index (χ0v) is 12.1. The first-order valence-corrected chi connectivity index (χ1v) is 6.77. The molecule has 3 aromatic rings. The van der Waals surface area contributed by atoms with Gasteiger partial charge in [0, 0.05) is 11.6 Å². The summed E-state index contributed by atoms with van der Waals surface area (Å²) in [6.45, 7) is 0.0397. The average molecular weight is 331 g/mol. The number of carbonyl (C=O) groups excluding carboxylic acids is 1. The molecule has 3 rings (SSSR count). The van der Waals surface area contributed by atoms with E-state index in [1.54, 1.807) is 18.2 Å². The number of halogens is 1. The van der Waals surface area contributed by atoms with Crippen LogP contribution in [-0.4, -0.2) is 16.0 Å². The van der Waals surface area contributed by atoms with Crippen LogP contribution >= 0.6 is 0 Å². The molecule has 0 saturated heterocycles. The lowest BCUT2D eigenvalue weighted by Gasteiger charge is -1.98. The Hall–Kier alpha value is -3.49. The third kappa shape index (κ3) is 3.29. The maximum Gasteiger partial charge on any atom is 0.433 e. The quantitative estimate of drug-likeness (QED) is 0.568. The summed E-state index contributed by atoms with van der Waals surface area (Å²) in [5, 5.41) is 16.8. The van der Waals surface area contributed by atoms with Crippen molar-refractivity contribution in [2.75, 3.05) is 0 Å². The minimum absolute atomic E-state index is 0.0397. The summed E-state index contributed by atoms with van der Waals surface area (Å²) in [5.41, 5.74) is 1.08. The minimum Gasteiger partial charge on any atom is -0.395 e. The van der Waals surface area contributed by atoms with Crippen molar-refractivity contribution in [1.29, 1.82) is 0 Å². The highest BCUT2D eigenvalue weighted by molar-refractivity contribution is 5.91. The predicted octanol–water partition coefficient (Wildman–Crippen LogP) is 2.91. The standard InChI is InChI=1S/C15H10FN3O5/c16-10-3-1-9(2-4-10)13-7-11(18-24-13)8-17-15(20)12-5-6-14(23-12)19(21)22/h1-7H,8H2,(H,17,20). The van der Waals surface area contributed by atoms with Crippen molar-refractivity contribution in [3.63, 3.8) is 0 Å². The van der Waals surface area contributed by atoms with Gasteiger partial charge in [0.1, 0.15) is 16.4 Å². The third-order valence-corrected chi connectivity index (χ3v) is 3.11. The molecule has 0 spiro atoms. The van der Waals surface area contributed by atoms with Crippen LogP contribution in [-0.2, 0) is 6.54 Å². The van der Waals surface area contributed by atoms with Crippen LogP contribution in [0.3, 0.4) is 0 Å². The third-order valence-electron chi connectivity index (χ3n) is 3.11. The highest BCUT2D eigenvalue weighted by atomic mass is 19.1. The van der Waals surface area contributed by atoms with Crippen molar-refractivity contribution in [3.8, 4) is 11.3 Å². The molecular weight excluding hydrogens is 321 g/mol. The molecule has 2 aromatic heterocycles. The SMILES string of the molecule is O=C(NCc1cc(-c2ccc(F)cc2)on1)c1ccc([N+](=O)[O-])o1. The maximum absolute atomic E-state index is 12.9. The molecule has 9 heteroatoms. The molecule has 1 N–H and O–H groups in total. The van der Waals surface area contributed by atoms with Crippen molar-refractivity contribution in [1.82, 2.24) is 10.5 Å². The molecule has 1 aromatic carbocycles. The van der Waals surface area contributed by atoms with E-state index in [9.17, 15) is 19.3 Å². The van der Waals surface area contributed by atoms with Crippen molar-refractivity contribution >= 4 is 11.8 Å². The van der Waals surface area contributed by atoms with E-state index in [2.05, 4.69) is 10.5 Å². The Kier molecular flexibility index (Phi) is 4.06. The molecule has 0 aliphatic carbocycles. The molecule has 2 heterocycles. The van der Waals surface area contributed by atoms with Crippen LogP contribution in [0.5, 0.6) is 0 Å². The summed E-state index contributed by atoms with van der Waals surface area (Å²) in [6.07, 6.45) is 0. The molecule has 0 atom stereocenters. The number of furan rings is 1. The van der Waals surface area contributed by atoms with Gasteiger partial charge in [0.15, 0.2) is 11.5 Å². The van der Waals surface area contributed by atoms with Gasteiger partial charge in [-0.25, -0.2) is 4.39 Å². The molecule has 0 saturated carbocycles. The van der Waals surface area contributed by atoms with E-state index in [0.717, 1.165) is 6.07 Å². The van der Waals surface area contributed by atoms with E-state index < -0.39 is 16.7 Å².